The molecule has 0 radical (unpaired) electrons. The van der Waals surface area contributed by atoms with Gasteiger partial charge in [0.2, 0.25) is 6.36 Å². The molecule has 0 spiro atoms. The minimum Gasteiger partial charge on any atom is -0.317 e. The van der Waals surface area contributed by atoms with Gasteiger partial charge in [0.05, 0.1) is 6.04 Å². The molecule has 78 valence electrons. The van der Waals surface area contributed by atoms with Gasteiger partial charge < -0.3 is 4.90 Å². The molecule has 5 heteroatoms. The maximum Gasteiger partial charge on any atom is 0.345 e. The second kappa shape index (κ2) is 3.24. The molecule has 1 fully saturated rings. The Bertz CT molecular complexity index is 291. The highest BCUT2D eigenvalue weighted by Crippen LogP contribution is 2.26. The highest BCUT2D eigenvalue weighted by molar-refractivity contribution is 5.77. The third-order valence-electron chi connectivity index (χ3n) is 2.55. The quantitative estimate of drug-likeness (QED) is 0.629. The van der Waals surface area contributed by atoms with Crippen LogP contribution < -0.4 is 0 Å². The maximum absolute atomic E-state index is 12.7. The third kappa shape index (κ3) is 1.37. The minimum atomic E-state index is -1.45. The summed E-state index contributed by atoms with van der Waals surface area (Å²) in [4.78, 5) is 18.1. The third-order valence-corrected chi connectivity index (χ3v) is 2.55. The number of urea groups is 1. The van der Waals surface area contributed by atoms with Gasteiger partial charge in [0.1, 0.15) is 0 Å². The molecule has 0 N–H and O–H groups in total. The van der Waals surface area contributed by atoms with Crippen molar-refractivity contribution in [3.05, 3.63) is 11.6 Å². The largest absolute Gasteiger partial charge is 0.345 e. The Morgan fingerprint density at radius 2 is 2.43 bits per heavy atom. The fraction of sp³-hybridized carbons (Fsp3) is 0.667. The second-order valence-electron chi connectivity index (χ2n) is 3.63. The molecule has 4 nitrogen and oxygen atoms in total. The number of amides is 2. The average molecular weight is 200 g/mol. The molecule has 2 aliphatic rings. The molecule has 0 saturated carbocycles. The molecule has 0 aromatic carbocycles. The van der Waals surface area contributed by atoms with Crippen molar-refractivity contribution >= 4 is 6.03 Å². The van der Waals surface area contributed by atoms with E-state index in [-0.39, 0.29) is 12.1 Å². The summed E-state index contributed by atoms with van der Waals surface area (Å²) in [6.45, 7) is 4.40. The number of rotatable bonds is 2. The van der Waals surface area contributed by atoms with E-state index in [9.17, 15) is 9.18 Å². The number of halogens is 1. The fourth-order valence-electron chi connectivity index (χ4n) is 1.78. The van der Waals surface area contributed by atoms with Crippen molar-refractivity contribution in [1.82, 2.24) is 9.96 Å². The molecule has 2 bridgehead atoms. The zero-order valence-corrected chi connectivity index (χ0v) is 8.24. The van der Waals surface area contributed by atoms with Crippen molar-refractivity contribution in [3.8, 4) is 0 Å². The number of nitrogens with zero attached hydrogens (tertiary/aromatic N) is 2. The van der Waals surface area contributed by atoms with E-state index < -0.39 is 6.36 Å². The highest BCUT2D eigenvalue weighted by Gasteiger charge is 2.41. The summed E-state index contributed by atoms with van der Waals surface area (Å²) < 4.78 is 12.7. The topological polar surface area (TPSA) is 32.8 Å². The number of hydroxylamine groups is 2. The van der Waals surface area contributed by atoms with E-state index in [1.54, 1.807) is 4.90 Å². The lowest BCUT2D eigenvalue weighted by atomic mass is 10.1. The highest BCUT2D eigenvalue weighted by atomic mass is 19.1. The average Bonchev–Trinajstić information content (AvgIpc) is 2.37. The first-order valence-corrected chi connectivity index (χ1v) is 4.65. The van der Waals surface area contributed by atoms with Crippen molar-refractivity contribution in [2.75, 3.05) is 13.1 Å². The summed E-state index contributed by atoms with van der Waals surface area (Å²) in [6.07, 6.45) is 0.519. The van der Waals surface area contributed by atoms with E-state index in [1.807, 2.05) is 13.0 Å². The van der Waals surface area contributed by atoms with Gasteiger partial charge in [-0.15, -0.1) is 0 Å². The molecule has 2 rings (SSSR count). The van der Waals surface area contributed by atoms with Gasteiger partial charge in [0.15, 0.2) is 0 Å². The predicted molar refractivity (Wildman–Crippen MR) is 48.0 cm³/mol. The summed E-state index contributed by atoms with van der Waals surface area (Å²) in [5.74, 6) is 0. The van der Waals surface area contributed by atoms with Gasteiger partial charge in [-0.3, -0.25) is 0 Å². The smallest absolute Gasteiger partial charge is 0.317 e. The second-order valence-corrected chi connectivity index (χ2v) is 3.63. The van der Waals surface area contributed by atoms with Crippen LogP contribution in [0.25, 0.3) is 0 Å². The summed E-state index contributed by atoms with van der Waals surface area (Å²) >= 11 is 0. The van der Waals surface area contributed by atoms with Crippen LogP contribution in [0.15, 0.2) is 11.6 Å². The molecule has 2 heterocycles. The van der Waals surface area contributed by atoms with Gasteiger partial charge in [-0.2, -0.15) is 5.06 Å². The Balaban J connectivity index is 2.17. The van der Waals surface area contributed by atoms with Gasteiger partial charge in [0.25, 0.3) is 0 Å². The normalized spacial score (nSPS) is 28.1. The van der Waals surface area contributed by atoms with Crippen LogP contribution >= 0.6 is 0 Å². The van der Waals surface area contributed by atoms with Crippen molar-refractivity contribution in [3.63, 3.8) is 0 Å². The first-order valence-electron chi connectivity index (χ1n) is 4.65. The van der Waals surface area contributed by atoms with Gasteiger partial charge >= 0.3 is 6.03 Å². The van der Waals surface area contributed by atoms with Gasteiger partial charge in [-0.1, -0.05) is 6.08 Å². The Hall–Kier alpha value is -1.10. The van der Waals surface area contributed by atoms with Gasteiger partial charge in [-0.05, 0) is 19.4 Å². The van der Waals surface area contributed by atoms with Crippen LogP contribution in [0, 0.1) is 0 Å². The molecule has 2 atom stereocenters. The lowest BCUT2D eigenvalue weighted by Crippen LogP contribution is -2.36. The Morgan fingerprint density at radius 3 is 3.07 bits per heavy atom. The van der Waals surface area contributed by atoms with Gasteiger partial charge in [0, 0.05) is 13.1 Å². The van der Waals surface area contributed by atoms with Crippen molar-refractivity contribution in [2.24, 2.45) is 0 Å². The molecule has 0 aromatic rings. The van der Waals surface area contributed by atoms with Crippen molar-refractivity contribution in [1.29, 1.82) is 0 Å². The first-order chi connectivity index (χ1) is 6.59. The van der Waals surface area contributed by atoms with Crippen LogP contribution in [0.1, 0.15) is 13.8 Å². The molecule has 2 amide bonds. The molecule has 1 saturated heterocycles. The Labute approximate surface area is 81.9 Å². The van der Waals surface area contributed by atoms with E-state index in [1.165, 1.54) is 6.92 Å². The lowest BCUT2D eigenvalue weighted by molar-refractivity contribution is -0.201. The summed E-state index contributed by atoms with van der Waals surface area (Å²) in [6, 6.07) is -0.359. The van der Waals surface area contributed by atoms with Crippen molar-refractivity contribution in [2.45, 2.75) is 26.2 Å². The predicted octanol–water partition coefficient (Wildman–Crippen LogP) is 1.30. The monoisotopic (exact) mass is 200 g/mol. The fourth-order valence-corrected chi connectivity index (χ4v) is 1.78. The van der Waals surface area contributed by atoms with E-state index >= 15 is 0 Å². The number of hydrogen-bond acceptors (Lipinski definition) is 2. The molecule has 0 aromatic heterocycles. The zero-order valence-electron chi connectivity index (χ0n) is 8.24. The molecule has 0 aliphatic carbocycles. The number of hydrogen-bond donors (Lipinski definition) is 0. The molecular formula is C9H13FN2O2. The molecular weight excluding hydrogens is 187 g/mol. The summed E-state index contributed by atoms with van der Waals surface area (Å²) in [5.41, 5.74) is 1.06. The zero-order chi connectivity index (χ0) is 10.3. The van der Waals surface area contributed by atoms with E-state index in [2.05, 4.69) is 0 Å². The molecule has 2 unspecified atom stereocenters. The number of carbonyl (C=O) groups excluding carboxylic acids is 1. The summed E-state index contributed by atoms with van der Waals surface area (Å²) in [5, 5.41) is 1.14. The number of alkyl halides is 1. The first kappa shape index (κ1) is 9.45. The Kier molecular flexibility index (Phi) is 2.19. The van der Waals surface area contributed by atoms with Crippen LogP contribution in [0.3, 0.4) is 0 Å². The number of fused-ring (bicyclic) bond motifs is 2. The number of carbonyl (C=O) groups is 1. The SMILES string of the molecule is CC1=CCN2CC1N(OC(C)F)C2=O. The van der Waals surface area contributed by atoms with E-state index in [0.29, 0.717) is 13.1 Å². The van der Waals surface area contributed by atoms with E-state index in [0.717, 1.165) is 10.6 Å². The standard InChI is InChI=1S/C9H13FN2O2/c1-6-3-4-11-5-8(6)12(9(11)13)14-7(2)10/h3,7-8H,4-5H2,1-2H3. The lowest BCUT2D eigenvalue weighted by Gasteiger charge is -2.23. The van der Waals surface area contributed by atoms with Crippen LogP contribution in [0.2, 0.25) is 0 Å². The molecule has 2 aliphatic heterocycles. The maximum atomic E-state index is 12.7. The Morgan fingerprint density at radius 1 is 1.71 bits per heavy atom. The van der Waals surface area contributed by atoms with E-state index in [4.69, 9.17) is 4.84 Å². The summed E-state index contributed by atoms with van der Waals surface area (Å²) in [7, 11) is 0. The van der Waals surface area contributed by atoms with Crippen LogP contribution in [-0.4, -0.2) is 41.5 Å². The van der Waals surface area contributed by atoms with Crippen LogP contribution in [0.4, 0.5) is 9.18 Å². The minimum absolute atomic E-state index is 0.116. The van der Waals surface area contributed by atoms with Crippen LogP contribution in [0.5, 0.6) is 0 Å². The van der Waals surface area contributed by atoms with Crippen molar-refractivity contribution < 1.29 is 14.0 Å². The molecule has 14 heavy (non-hydrogen) atoms. The van der Waals surface area contributed by atoms with Gasteiger partial charge in [-0.25, -0.2) is 14.0 Å². The van der Waals surface area contributed by atoms with Crippen LogP contribution in [-0.2, 0) is 4.84 Å².